The van der Waals surface area contributed by atoms with Crippen LogP contribution >= 0.6 is 0 Å². The van der Waals surface area contributed by atoms with Crippen LogP contribution in [0.25, 0.3) is 0 Å². The third-order valence-electron chi connectivity index (χ3n) is 10.2. The number of hydrogen-bond acceptors (Lipinski definition) is 5. The largest absolute Gasteiger partial charge is 0.504 e. The average molecular weight is 423 g/mol. The van der Waals surface area contributed by atoms with E-state index in [2.05, 4.69) is 13.8 Å². The van der Waals surface area contributed by atoms with Gasteiger partial charge in [-0.25, -0.2) is 0 Å². The Hall–Kier alpha value is -2.14. The van der Waals surface area contributed by atoms with Crippen LogP contribution in [0, 0.1) is 27.6 Å². The first-order valence-corrected chi connectivity index (χ1v) is 11.4. The highest BCUT2D eigenvalue weighted by Crippen LogP contribution is 2.81. The van der Waals surface area contributed by atoms with Crippen molar-refractivity contribution in [3.8, 4) is 0 Å². The Bertz CT molecular complexity index is 1090. The normalized spacial score (nSPS) is 49.4. The van der Waals surface area contributed by atoms with E-state index in [4.69, 9.17) is 9.15 Å². The van der Waals surface area contributed by atoms with E-state index in [9.17, 15) is 14.7 Å². The molecule has 1 aromatic rings. The van der Waals surface area contributed by atoms with Crippen molar-refractivity contribution in [1.29, 1.82) is 0 Å². The van der Waals surface area contributed by atoms with Gasteiger partial charge in [0.1, 0.15) is 5.60 Å². The molecule has 2 saturated carbocycles. The fraction of sp³-hybridized carbons (Fsp3) is 0.615. The molecule has 3 fully saturated rings. The lowest BCUT2D eigenvalue weighted by atomic mass is 9.39. The molecule has 7 atom stereocenters. The molecule has 0 bridgehead atoms. The van der Waals surface area contributed by atoms with Gasteiger partial charge < -0.3 is 14.3 Å². The van der Waals surface area contributed by atoms with Crippen molar-refractivity contribution in [3.05, 3.63) is 47.6 Å². The van der Waals surface area contributed by atoms with Crippen LogP contribution in [0.1, 0.15) is 65.4 Å². The van der Waals surface area contributed by atoms with Gasteiger partial charge in [-0.2, -0.15) is 0 Å². The number of aliphatic hydroxyl groups is 1. The molecule has 5 heteroatoms. The number of ketones is 2. The van der Waals surface area contributed by atoms with Crippen molar-refractivity contribution >= 4 is 11.6 Å². The number of allylic oxidation sites excluding steroid dienone is 4. The third kappa shape index (κ3) is 1.80. The van der Waals surface area contributed by atoms with Crippen molar-refractivity contribution in [2.24, 2.45) is 27.6 Å². The minimum Gasteiger partial charge on any atom is -0.504 e. The predicted molar refractivity (Wildman–Crippen MR) is 113 cm³/mol. The number of Topliss-reactive ketones (excluding diaryl/α,β-unsaturated/α-hetero) is 1. The number of rotatable bonds is 1. The summed E-state index contributed by atoms with van der Waals surface area (Å²) < 4.78 is 11.9. The molecule has 1 aromatic heterocycles. The molecule has 0 aromatic carbocycles. The number of hydrogen-bond donors (Lipinski definition) is 1. The van der Waals surface area contributed by atoms with Gasteiger partial charge in [0.2, 0.25) is 5.78 Å². The molecule has 1 saturated heterocycles. The molecule has 0 amide bonds. The highest BCUT2D eigenvalue weighted by molar-refractivity contribution is 6.06. The van der Waals surface area contributed by atoms with Crippen molar-refractivity contribution in [1.82, 2.24) is 0 Å². The standard InChI is InChI=1S/C26H30O5/c1-22(2)17(27)7-9-23(3)16-6-10-24(4)15(14-8-11-30-13-14)12-18-26(24,31-18)25(16,5)21(29)19(28)20(22)23/h7-9,11,13,15-16,18,28H,6,10,12H2,1-5H3/t15-,16+,18-,23+,24-,25?,26+/m0/s1. The summed E-state index contributed by atoms with van der Waals surface area (Å²) in [5.74, 6) is -0.312. The van der Waals surface area contributed by atoms with E-state index in [-0.39, 0.29) is 40.7 Å². The summed E-state index contributed by atoms with van der Waals surface area (Å²) >= 11 is 0. The van der Waals surface area contributed by atoms with Gasteiger partial charge in [0, 0.05) is 10.8 Å². The SMILES string of the molecule is CC1(C)C(=O)C=C[C@@]2(C)C1=C(O)C(=O)C1(C)[C@@H]2CC[C@@]2(C)[C@H](c3ccoc3)C[C@@H]3O[C@@]312. The number of fused-ring (bicyclic) bond motifs is 3. The fourth-order valence-electron chi connectivity index (χ4n) is 8.78. The van der Waals surface area contributed by atoms with E-state index < -0.39 is 21.8 Å². The smallest absolute Gasteiger partial charge is 0.206 e. The van der Waals surface area contributed by atoms with E-state index >= 15 is 0 Å². The molecule has 1 unspecified atom stereocenters. The summed E-state index contributed by atoms with van der Waals surface area (Å²) in [5, 5.41) is 11.4. The summed E-state index contributed by atoms with van der Waals surface area (Å²) in [7, 11) is 0. The molecule has 31 heavy (non-hydrogen) atoms. The maximum Gasteiger partial charge on any atom is 0.206 e. The molecule has 5 nitrogen and oxygen atoms in total. The Morgan fingerprint density at radius 2 is 1.87 bits per heavy atom. The summed E-state index contributed by atoms with van der Waals surface area (Å²) in [6.07, 6.45) is 9.76. The molecule has 0 radical (unpaired) electrons. The summed E-state index contributed by atoms with van der Waals surface area (Å²) in [4.78, 5) is 26.7. The third-order valence-corrected chi connectivity index (χ3v) is 10.2. The van der Waals surface area contributed by atoms with Crippen LogP contribution in [0.15, 0.2) is 46.5 Å². The lowest BCUT2D eigenvalue weighted by Crippen LogP contribution is -2.66. The Labute approximate surface area is 182 Å². The summed E-state index contributed by atoms with van der Waals surface area (Å²) in [6, 6.07) is 2.03. The van der Waals surface area contributed by atoms with Gasteiger partial charge in [-0.3, -0.25) is 9.59 Å². The van der Waals surface area contributed by atoms with Crippen LogP contribution in [-0.4, -0.2) is 28.4 Å². The number of carbonyl (C=O) groups is 2. The van der Waals surface area contributed by atoms with Crippen molar-refractivity contribution < 1.29 is 23.8 Å². The predicted octanol–water partition coefficient (Wildman–Crippen LogP) is 4.89. The molecule has 1 spiro atoms. The van der Waals surface area contributed by atoms with Crippen LogP contribution in [0.3, 0.4) is 0 Å². The molecule has 4 aliphatic carbocycles. The van der Waals surface area contributed by atoms with Crippen LogP contribution in [0.5, 0.6) is 0 Å². The molecule has 2 heterocycles. The Kier molecular flexibility index (Phi) is 3.31. The second-order valence-electron chi connectivity index (χ2n) is 11.6. The second-order valence-corrected chi connectivity index (χ2v) is 11.6. The molecular weight excluding hydrogens is 392 g/mol. The number of carbonyl (C=O) groups excluding carboxylic acids is 2. The zero-order chi connectivity index (χ0) is 22.2. The Morgan fingerprint density at radius 3 is 2.55 bits per heavy atom. The average Bonchev–Trinajstić information content (AvgIpc) is 3.07. The van der Waals surface area contributed by atoms with E-state index in [0.29, 0.717) is 5.57 Å². The maximum absolute atomic E-state index is 14.0. The van der Waals surface area contributed by atoms with Crippen LogP contribution in [0.4, 0.5) is 0 Å². The molecule has 6 rings (SSSR count). The molecule has 164 valence electrons. The van der Waals surface area contributed by atoms with E-state index in [1.165, 1.54) is 5.56 Å². The van der Waals surface area contributed by atoms with Gasteiger partial charge in [0.15, 0.2) is 11.5 Å². The quantitative estimate of drug-likeness (QED) is 0.652. The van der Waals surface area contributed by atoms with Gasteiger partial charge in [0.05, 0.1) is 29.5 Å². The molecule has 1 N–H and O–H groups in total. The molecule has 1 aliphatic heterocycles. The van der Waals surface area contributed by atoms with Gasteiger partial charge in [0.25, 0.3) is 0 Å². The first-order chi connectivity index (χ1) is 14.5. The zero-order valence-corrected chi connectivity index (χ0v) is 18.8. The summed E-state index contributed by atoms with van der Waals surface area (Å²) in [5.41, 5.74) is -1.40. The second kappa shape index (κ2) is 5.25. The minimum atomic E-state index is -0.901. The lowest BCUT2D eigenvalue weighted by molar-refractivity contribution is -0.162. The molecular formula is C26H30O5. The van der Waals surface area contributed by atoms with Crippen molar-refractivity contribution in [2.75, 3.05) is 0 Å². The first kappa shape index (κ1) is 19.5. The Morgan fingerprint density at radius 1 is 1.13 bits per heavy atom. The minimum absolute atomic E-state index is 0.00527. The summed E-state index contributed by atoms with van der Waals surface area (Å²) in [6.45, 7) is 10.0. The van der Waals surface area contributed by atoms with Crippen molar-refractivity contribution in [2.45, 2.75) is 71.5 Å². The topological polar surface area (TPSA) is 80.0 Å². The number of aliphatic hydroxyl groups excluding tert-OH is 1. The number of furan rings is 1. The van der Waals surface area contributed by atoms with Gasteiger partial charge in [-0.1, -0.05) is 19.9 Å². The molecule has 5 aliphatic rings. The lowest BCUT2D eigenvalue weighted by Gasteiger charge is -2.62. The van der Waals surface area contributed by atoms with Gasteiger partial charge >= 0.3 is 0 Å². The first-order valence-electron chi connectivity index (χ1n) is 11.4. The fourth-order valence-corrected chi connectivity index (χ4v) is 8.78. The number of ether oxygens (including phenoxy) is 1. The highest BCUT2D eigenvalue weighted by Gasteiger charge is 2.87. The van der Waals surface area contributed by atoms with E-state index in [1.807, 2.05) is 39.2 Å². The highest BCUT2D eigenvalue weighted by atomic mass is 16.6. The number of epoxide rings is 1. The van der Waals surface area contributed by atoms with E-state index in [1.54, 1.807) is 12.3 Å². The zero-order valence-electron chi connectivity index (χ0n) is 18.8. The maximum atomic E-state index is 14.0. The van der Waals surface area contributed by atoms with Crippen LogP contribution in [-0.2, 0) is 14.3 Å². The van der Waals surface area contributed by atoms with E-state index in [0.717, 1.165) is 19.3 Å². The van der Waals surface area contributed by atoms with Crippen LogP contribution in [0.2, 0.25) is 0 Å². The Balaban J connectivity index is 1.57. The van der Waals surface area contributed by atoms with Crippen LogP contribution < -0.4 is 0 Å². The van der Waals surface area contributed by atoms with Gasteiger partial charge in [-0.05, 0) is 75.1 Å². The monoisotopic (exact) mass is 422 g/mol. The van der Waals surface area contributed by atoms with Gasteiger partial charge in [-0.15, -0.1) is 0 Å². The van der Waals surface area contributed by atoms with Crippen molar-refractivity contribution in [3.63, 3.8) is 0 Å².